The molecule has 0 aliphatic heterocycles. The van der Waals surface area contributed by atoms with Crippen molar-refractivity contribution in [1.29, 1.82) is 0 Å². The fourth-order valence-corrected chi connectivity index (χ4v) is 2.04. The summed E-state index contributed by atoms with van der Waals surface area (Å²) in [6.07, 6.45) is 3.27. The summed E-state index contributed by atoms with van der Waals surface area (Å²) in [5.41, 5.74) is 7.47. The highest BCUT2D eigenvalue weighted by Crippen LogP contribution is 2.35. The summed E-state index contributed by atoms with van der Waals surface area (Å²) in [5, 5.41) is 0. The van der Waals surface area contributed by atoms with E-state index in [9.17, 15) is 0 Å². The smallest absolute Gasteiger partial charge is 0.127 e. The minimum absolute atomic E-state index is 0.0712. The Morgan fingerprint density at radius 3 is 2.11 bits per heavy atom. The lowest BCUT2D eigenvalue weighted by Gasteiger charge is -2.10. The van der Waals surface area contributed by atoms with Crippen LogP contribution in [0.2, 0.25) is 0 Å². The van der Waals surface area contributed by atoms with Gasteiger partial charge >= 0.3 is 0 Å². The van der Waals surface area contributed by atoms with Crippen LogP contribution in [-0.4, -0.2) is 5.54 Å². The zero-order valence-electron chi connectivity index (χ0n) is 10.3. The first kappa shape index (κ1) is 11.3. The normalized spacial score (nSPS) is 16.3. The van der Waals surface area contributed by atoms with E-state index in [1.165, 1.54) is 5.56 Å². The number of benzene rings is 2. The number of hydrogen-bond donors (Lipinski definition) is 1. The van der Waals surface area contributed by atoms with Crippen molar-refractivity contribution in [3.63, 3.8) is 0 Å². The van der Waals surface area contributed by atoms with Crippen molar-refractivity contribution in [2.45, 2.75) is 24.8 Å². The lowest BCUT2D eigenvalue weighted by atomic mass is 10.1. The third-order valence-corrected chi connectivity index (χ3v) is 3.35. The van der Waals surface area contributed by atoms with Crippen LogP contribution >= 0.6 is 0 Å². The van der Waals surface area contributed by atoms with Crippen molar-refractivity contribution >= 4 is 0 Å². The Morgan fingerprint density at radius 2 is 1.50 bits per heavy atom. The summed E-state index contributed by atoms with van der Waals surface area (Å²) in [5.74, 6) is 1.73. The van der Waals surface area contributed by atoms with Gasteiger partial charge in [-0.05, 0) is 49.1 Å². The molecule has 0 spiro atoms. The van der Waals surface area contributed by atoms with Crippen molar-refractivity contribution in [3.05, 3.63) is 60.2 Å². The van der Waals surface area contributed by atoms with Crippen LogP contribution in [-0.2, 0) is 6.42 Å². The predicted octanol–water partition coefficient (Wildman–Crippen LogP) is 3.51. The van der Waals surface area contributed by atoms with Gasteiger partial charge in [0.1, 0.15) is 11.5 Å². The van der Waals surface area contributed by atoms with Gasteiger partial charge in [-0.3, -0.25) is 0 Å². The molecule has 0 amide bonds. The van der Waals surface area contributed by atoms with E-state index in [0.717, 1.165) is 30.8 Å². The number of hydrogen-bond acceptors (Lipinski definition) is 2. The molecule has 2 N–H and O–H groups in total. The molecule has 1 aliphatic carbocycles. The van der Waals surface area contributed by atoms with Gasteiger partial charge in [-0.15, -0.1) is 0 Å². The van der Waals surface area contributed by atoms with Crippen LogP contribution in [0.5, 0.6) is 11.5 Å². The van der Waals surface area contributed by atoms with E-state index in [2.05, 4.69) is 12.1 Å². The van der Waals surface area contributed by atoms with Crippen LogP contribution in [0.3, 0.4) is 0 Å². The van der Waals surface area contributed by atoms with Crippen LogP contribution in [0, 0.1) is 0 Å². The molecule has 3 rings (SSSR count). The maximum atomic E-state index is 6.11. The van der Waals surface area contributed by atoms with Crippen LogP contribution in [0.15, 0.2) is 54.6 Å². The maximum Gasteiger partial charge on any atom is 0.127 e. The van der Waals surface area contributed by atoms with E-state index in [4.69, 9.17) is 10.5 Å². The van der Waals surface area contributed by atoms with E-state index >= 15 is 0 Å². The summed E-state index contributed by atoms with van der Waals surface area (Å²) in [6, 6.07) is 18.0. The van der Waals surface area contributed by atoms with Gasteiger partial charge in [0.05, 0.1) is 0 Å². The van der Waals surface area contributed by atoms with Crippen LogP contribution < -0.4 is 10.5 Å². The predicted molar refractivity (Wildman–Crippen MR) is 72.8 cm³/mol. The third-order valence-electron chi connectivity index (χ3n) is 3.35. The van der Waals surface area contributed by atoms with Gasteiger partial charge in [-0.25, -0.2) is 0 Å². The number of ether oxygens (including phenoxy) is 1. The van der Waals surface area contributed by atoms with Gasteiger partial charge in [0.15, 0.2) is 0 Å². The quantitative estimate of drug-likeness (QED) is 0.886. The van der Waals surface area contributed by atoms with Crippen LogP contribution in [0.4, 0.5) is 0 Å². The number of nitrogens with two attached hydrogens (primary N) is 1. The highest BCUT2D eigenvalue weighted by Gasteiger charge is 2.37. The Labute approximate surface area is 107 Å². The molecule has 92 valence electrons. The molecule has 1 saturated carbocycles. The molecule has 18 heavy (non-hydrogen) atoms. The fourth-order valence-electron chi connectivity index (χ4n) is 2.04. The van der Waals surface area contributed by atoms with Crippen LogP contribution in [0.25, 0.3) is 0 Å². The van der Waals surface area contributed by atoms with Crippen molar-refractivity contribution in [2.24, 2.45) is 5.73 Å². The molecule has 2 nitrogen and oxygen atoms in total. The van der Waals surface area contributed by atoms with Crippen molar-refractivity contribution < 1.29 is 4.74 Å². The molecular weight excluding hydrogens is 222 g/mol. The Morgan fingerprint density at radius 1 is 0.889 bits per heavy atom. The monoisotopic (exact) mass is 239 g/mol. The summed E-state index contributed by atoms with van der Waals surface area (Å²) < 4.78 is 5.75. The van der Waals surface area contributed by atoms with E-state index in [-0.39, 0.29) is 5.54 Å². The molecule has 0 heterocycles. The second-order valence-electron chi connectivity index (χ2n) is 5.10. The summed E-state index contributed by atoms with van der Waals surface area (Å²) in [4.78, 5) is 0. The molecule has 0 unspecified atom stereocenters. The lowest BCUT2D eigenvalue weighted by molar-refractivity contribution is 0.482. The van der Waals surface area contributed by atoms with E-state index < -0.39 is 0 Å². The van der Waals surface area contributed by atoms with Gasteiger partial charge < -0.3 is 10.5 Å². The Balaban J connectivity index is 1.67. The Bertz CT molecular complexity index is 515. The van der Waals surface area contributed by atoms with Gasteiger partial charge in [0.2, 0.25) is 0 Å². The zero-order chi connectivity index (χ0) is 12.4. The standard InChI is InChI=1S/C16H17NO/c17-16(10-11-16)12-13-6-8-15(9-7-13)18-14-4-2-1-3-5-14/h1-9H,10-12,17H2. The summed E-state index contributed by atoms with van der Waals surface area (Å²) in [6.45, 7) is 0. The Hall–Kier alpha value is -1.80. The third kappa shape index (κ3) is 2.71. The molecule has 0 bridgehead atoms. The second kappa shape index (κ2) is 4.46. The fraction of sp³-hybridized carbons (Fsp3) is 0.250. The minimum atomic E-state index is 0.0712. The average Bonchev–Trinajstić information content (AvgIpc) is 3.11. The molecule has 0 aromatic heterocycles. The molecule has 2 aromatic carbocycles. The van der Waals surface area contributed by atoms with Crippen molar-refractivity contribution in [2.75, 3.05) is 0 Å². The molecule has 1 fully saturated rings. The van der Waals surface area contributed by atoms with E-state index in [1.807, 2.05) is 42.5 Å². The molecule has 0 atom stereocenters. The molecule has 1 aliphatic rings. The number of para-hydroxylation sites is 1. The minimum Gasteiger partial charge on any atom is -0.457 e. The molecule has 2 heteroatoms. The summed E-state index contributed by atoms with van der Waals surface area (Å²) >= 11 is 0. The lowest BCUT2D eigenvalue weighted by Crippen LogP contribution is -2.24. The molecule has 0 radical (unpaired) electrons. The SMILES string of the molecule is NC1(Cc2ccc(Oc3ccccc3)cc2)CC1. The van der Waals surface area contributed by atoms with Crippen molar-refractivity contribution in [3.8, 4) is 11.5 Å². The topological polar surface area (TPSA) is 35.2 Å². The van der Waals surface area contributed by atoms with Gasteiger partial charge in [-0.2, -0.15) is 0 Å². The first-order valence-corrected chi connectivity index (χ1v) is 6.34. The number of rotatable bonds is 4. The Kier molecular flexibility index (Phi) is 2.80. The van der Waals surface area contributed by atoms with Gasteiger partial charge in [0, 0.05) is 5.54 Å². The van der Waals surface area contributed by atoms with E-state index in [1.54, 1.807) is 0 Å². The van der Waals surface area contributed by atoms with Crippen LogP contribution in [0.1, 0.15) is 18.4 Å². The second-order valence-corrected chi connectivity index (χ2v) is 5.10. The molecule has 2 aromatic rings. The first-order chi connectivity index (χ1) is 8.73. The molecule has 0 saturated heterocycles. The zero-order valence-corrected chi connectivity index (χ0v) is 10.3. The van der Waals surface area contributed by atoms with E-state index in [0.29, 0.717) is 0 Å². The molecular formula is C16H17NO. The van der Waals surface area contributed by atoms with Gasteiger partial charge in [0.25, 0.3) is 0 Å². The largest absolute Gasteiger partial charge is 0.457 e. The van der Waals surface area contributed by atoms with Crippen molar-refractivity contribution in [1.82, 2.24) is 0 Å². The average molecular weight is 239 g/mol. The maximum absolute atomic E-state index is 6.11. The highest BCUT2D eigenvalue weighted by molar-refractivity contribution is 5.33. The van der Waals surface area contributed by atoms with Gasteiger partial charge in [-0.1, -0.05) is 30.3 Å². The summed E-state index contributed by atoms with van der Waals surface area (Å²) in [7, 11) is 0. The highest BCUT2D eigenvalue weighted by atomic mass is 16.5. The first-order valence-electron chi connectivity index (χ1n) is 6.34.